The van der Waals surface area contributed by atoms with E-state index in [-0.39, 0.29) is 29.6 Å². The minimum absolute atomic E-state index is 0.00844. The Labute approximate surface area is 188 Å². The molecule has 33 heavy (non-hydrogen) atoms. The maximum Gasteiger partial charge on any atom is 0.340 e. The van der Waals surface area contributed by atoms with Crippen molar-refractivity contribution in [1.82, 2.24) is 9.13 Å². The highest BCUT2D eigenvalue weighted by atomic mass is 16.5. The number of nitrogens with zero attached hydrogens (tertiary/aromatic N) is 2. The first-order valence-corrected chi connectivity index (χ1v) is 10.2. The van der Waals surface area contributed by atoms with E-state index in [4.69, 9.17) is 10.5 Å². The second-order valence-corrected chi connectivity index (χ2v) is 7.63. The highest BCUT2D eigenvalue weighted by Gasteiger charge is 2.19. The minimum Gasteiger partial charge on any atom is -0.457 e. The van der Waals surface area contributed by atoms with Crippen LogP contribution in [0.2, 0.25) is 0 Å². The van der Waals surface area contributed by atoms with Gasteiger partial charge in [-0.15, -0.1) is 0 Å². The summed E-state index contributed by atoms with van der Waals surface area (Å²) in [5.74, 6) is -0.636. The Hall–Kier alpha value is -4.46. The molecule has 2 N–H and O–H groups in total. The molecule has 0 fully saturated rings. The normalized spacial score (nSPS) is 10.8. The molecule has 8 nitrogen and oxygen atoms in total. The summed E-state index contributed by atoms with van der Waals surface area (Å²) < 4.78 is 7.01. The van der Waals surface area contributed by atoms with E-state index in [0.29, 0.717) is 5.56 Å². The maximum absolute atomic E-state index is 13.2. The summed E-state index contributed by atoms with van der Waals surface area (Å²) in [7, 11) is 0. The van der Waals surface area contributed by atoms with E-state index in [1.807, 2.05) is 37.3 Å². The largest absolute Gasteiger partial charge is 0.457 e. The molecule has 0 aliphatic rings. The fourth-order valence-electron chi connectivity index (χ4n) is 3.52. The number of carbonyl (C=O) groups excluding carboxylic acids is 2. The fraction of sp³-hybridized carbons (Fsp3) is 0.120. The van der Waals surface area contributed by atoms with Gasteiger partial charge < -0.3 is 10.5 Å². The average molecular weight is 443 g/mol. The van der Waals surface area contributed by atoms with Gasteiger partial charge in [-0.2, -0.15) is 0 Å². The highest BCUT2D eigenvalue weighted by Crippen LogP contribution is 2.14. The van der Waals surface area contributed by atoms with Crippen LogP contribution in [0.4, 0.5) is 4.79 Å². The van der Waals surface area contributed by atoms with Crippen LogP contribution in [-0.4, -0.2) is 21.1 Å². The fourth-order valence-corrected chi connectivity index (χ4v) is 3.52. The molecule has 0 saturated carbocycles. The Kier molecular flexibility index (Phi) is 5.91. The zero-order valence-electron chi connectivity index (χ0n) is 17.9. The first-order valence-electron chi connectivity index (χ1n) is 10.2. The summed E-state index contributed by atoms with van der Waals surface area (Å²) in [6.45, 7) is 1.97. The van der Waals surface area contributed by atoms with Gasteiger partial charge in [0.2, 0.25) is 0 Å². The van der Waals surface area contributed by atoms with Crippen molar-refractivity contribution in [3.8, 4) is 0 Å². The SMILES string of the molecule is Cc1ccc(COC(=O)c2ccc3c(c2)c(=O)n(Cc2ccccc2)c(=O)n3C(N)=O)cc1. The second kappa shape index (κ2) is 8.96. The zero-order valence-corrected chi connectivity index (χ0v) is 17.9. The molecular weight excluding hydrogens is 422 g/mol. The molecule has 0 aliphatic heterocycles. The molecular formula is C25H21N3O5. The van der Waals surface area contributed by atoms with Gasteiger partial charge in [0.15, 0.2) is 0 Å². The quantitative estimate of drug-likeness (QED) is 0.477. The molecule has 1 heterocycles. The number of aromatic nitrogens is 2. The molecule has 4 aromatic rings. The monoisotopic (exact) mass is 443 g/mol. The molecule has 0 unspecified atom stereocenters. The number of primary amides is 1. The Morgan fingerprint density at radius 3 is 2.27 bits per heavy atom. The molecule has 166 valence electrons. The van der Waals surface area contributed by atoms with Gasteiger partial charge in [-0.1, -0.05) is 60.2 Å². The van der Waals surface area contributed by atoms with Crippen molar-refractivity contribution in [3.63, 3.8) is 0 Å². The van der Waals surface area contributed by atoms with Crippen LogP contribution in [0.25, 0.3) is 10.9 Å². The standard InChI is InChI=1S/C25H21N3O5/c1-16-7-9-18(10-8-16)15-33-23(30)19-11-12-21-20(13-19)22(29)27(25(32)28(21)24(26)31)14-17-5-3-2-4-6-17/h2-13H,14-15H2,1H3,(H2,26,31). The Morgan fingerprint density at radius 1 is 0.909 bits per heavy atom. The van der Waals surface area contributed by atoms with Gasteiger partial charge in [0.25, 0.3) is 5.56 Å². The van der Waals surface area contributed by atoms with Gasteiger partial charge in [0.1, 0.15) is 6.61 Å². The first kappa shape index (κ1) is 21.8. The number of nitrogens with two attached hydrogens (primary N) is 1. The number of fused-ring (bicyclic) bond motifs is 1. The van der Waals surface area contributed by atoms with E-state index in [9.17, 15) is 19.2 Å². The third-order valence-electron chi connectivity index (χ3n) is 5.27. The summed E-state index contributed by atoms with van der Waals surface area (Å²) >= 11 is 0. The molecule has 0 saturated heterocycles. The second-order valence-electron chi connectivity index (χ2n) is 7.63. The molecule has 1 amide bonds. The zero-order chi connectivity index (χ0) is 23.5. The van der Waals surface area contributed by atoms with Gasteiger partial charge >= 0.3 is 17.7 Å². The lowest BCUT2D eigenvalue weighted by Crippen LogP contribution is -2.44. The molecule has 0 spiro atoms. The van der Waals surface area contributed by atoms with Crippen LogP contribution in [-0.2, 0) is 17.9 Å². The van der Waals surface area contributed by atoms with Crippen LogP contribution < -0.4 is 17.0 Å². The van der Waals surface area contributed by atoms with Crippen molar-refractivity contribution in [3.05, 3.63) is 116 Å². The van der Waals surface area contributed by atoms with Crippen LogP contribution >= 0.6 is 0 Å². The number of ether oxygens (including phenoxy) is 1. The molecule has 3 aromatic carbocycles. The molecule has 4 rings (SSSR count). The van der Waals surface area contributed by atoms with Crippen molar-refractivity contribution in [1.29, 1.82) is 0 Å². The Morgan fingerprint density at radius 2 is 1.61 bits per heavy atom. The number of amides is 1. The van der Waals surface area contributed by atoms with E-state index < -0.39 is 23.2 Å². The summed E-state index contributed by atoms with van der Waals surface area (Å²) in [4.78, 5) is 50.7. The Balaban J connectivity index is 1.74. The lowest BCUT2D eigenvalue weighted by atomic mass is 10.1. The van der Waals surface area contributed by atoms with Crippen LogP contribution in [0, 0.1) is 6.92 Å². The predicted molar refractivity (Wildman–Crippen MR) is 123 cm³/mol. The van der Waals surface area contributed by atoms with Crippen molar-refractivity contribution < 1.29 is 14.3 Å². The number of benzene rings is 3. The minimum atomic E-state index is -1.03. The van der Waals surface area contributed by atoms with Crippen LogP contribution in [0.1, 0.15) is 27.0 Å². The number of rotatable bonds is 5. The summed E-state index contributed by atoms with van der Waals surface area (Å²) in [5.41, 5.74) is 6.70. The van der Waals surface area contributed by atoms with Gasteiger partial charge in [-0.3, -0.25) is 9.36 Å². The van der Waals surface area contributed by atoms with Crippen LogP contribution in [0.15, 0.2) is 82.4 Å². The molecule has 0 radical (unpaired) electrons. The molecule has 0 aliphatic carbocycles. The third-order valence-corrected chi connectivity index (χ3v) is 5.27. The molecule has 8 heteroatoms. The van der Waals surface area contributed by atoms with E-state index in [0.717, 1.165) is 20.3 Å². The predicted octanol–water partition coefficient (Wildman–Crippen LogP) is 2.80. The Bertz CT molecular complexity index is 1470. The topological polar surface area (TPSA) is 113 Å². The lowest BCUT2D eigenvalue weighted by Gasteiger charge is -2.12. The number of carbonyl (C=O) groups is 2. The number of aryl methyl sites for hydroxylation is 1. The van der Waals surface area contributed by atoms with Gasteiger partial charge in [-0.05, 0) is 36.2 Å². The van der Waals surface area contributed by atoms with E-state index in [1.165, 1.54) is 18.2 Å². The van der Waals surface area contributed by atoms with Gasteiger partial charge in [0, 0.05) is 0 Å². The highest BCUT2D eigenvalue weighted by molar-refractivity contribution is 5.96. The summed E-state index contributed by atoms with van der Waals surface area (Å²) in [6, 6.07) is 19.4. The van der Waals surface area contributed by atoms with Crippen molar-refractivity contribution in [2.45, 2.75) is 20.1 Å². The molecule has 1 aromatic heterocycles. The van der Waals surface area contributed by atoms with Gasteiger partial charge in [-0.25, -0.2) is 19.0 Å². The van der Waals surface area contributed by atoms with E-state index in [1.54, 1.807) is 24.3 Å². The van der Waals surface area contributed by atoms with Crippen molar-refractivity contribution in [2.24, 2.45) is 5.73 Å². The summed E-state index contributed by atoms with van der Waals surface area (Å²) in [5, 5.41) is 0.00844. The lowest BCUT2D eigenvalue weighted by molar-refractivity contribution is 0.0473. The van der Waals surface area contributed by atoms with E-state index >= 15 is 0 Å². The maximum atomic E-state index is 13.2. The van der Waals surface area contributed by atoms with Crippen LogP contribution in [0.3, 0.4) is 0 Å². The smallest absolute Gasteiger partial charge is 0.340 e. The number of esters is 1. The van der Waals surface area contributed by atoms with Crippen LogP contribution in [0.5, 0.6) is 0 Å². The number of hydrogen-bond donors (Lipinski definition) is 1. The first-order chi connectivity index (χ1) is 15.8. The third kappa shape index (κ3) is 4.45. The van der Waals surface area contributed by atoms with Crippen molar-refractivity contribution in [2.75, 3.05) is 0 Å². The van der Waals surface area contributed by atoms with Gasteiger partial charge in [0.05, 0.1) is 23.0 Å². The van der Waals surface area contributed by atoms with Crippen molar-refractivity contribution >= 4 is 22.9 Å². The molecule has 0 atom stereocenters. The van der Waals surface area contributed by atoms with E-state index in [2.05, 4.69) is 0 Å². The molecule has 0 bridgehead atoms. The summed E-state index contributed by atoms with van der Waals surface area (Å²) in [6.07, 6.45) is 0. The average Bonchev–Trinajstić information content (AvgIpc) is 2.81. The number of hydrogen-bond acceptors (Lipinski definition) is 5.